The third kappa shape index (κ3) is 3.09. The van der Waals surface area contributed by atoms with Crippen LogP contribution in [0.4, 0.5) is 5.82 Å². The number of aryl methyl sites for hydroxylation is 1. The Kier molecular flexibility index (Phi) is 4.24. The molecule has 150 valence electrons. The molecule has 0 bridgehead atoms. The van der Waals surface area contributed by atoms with Crippen molar-refractivity contribution in [1.29, 1.82) is 0 Å². The summed E-state index contributed by atoms with van der Waals surface area (Å²) >= 11 is 1.86. The molecule has 29 heavy (non-hydrogen) atoms. The van der Waals surface area contributed by atoms with Crippen LogP contribution >= 0.6 is 11.3 Å². The minimum atomic E-state index is 0.717. The van der Waals surface area contributed by atoms with Crippen molar-refractivity contribution in [2.75, 3.05) is 31.5 Å². The molecule has 3 aromatic heterocycles. The summed E-state index contributed by atoms with van der Waals surface area (Å²) in [6.45, 7) is 6.58. The van der Waals surface area contributed by atoms with Gasteiger partial charge in [0.1, 0.15) is 10.3 Å². The van der Waals surface area contributed by atoms with Crippen LogP contribution in [0.3, 0.4) is 0 Å². The van der Waals surface area contributed by atoms with Gasteiger partial charge in [0, 0.05) is 29.9 Å². The Morgan fingerprint density at radius 3 is 3.03 bits per heavy atom. The molecular formula is C23H27N5S. The van der Waals surface area contributed by atoms with E-state index in [1.54, 1.807) is 0 Å². The van der Waals surface area contributed by atoms with Crippen molar-refractivity contribution < 1.29 is 0 Å². The van der Waals surface area contributed by atoms with E-state index in [1.807, 2.05) is 17.5 Å². The smallest absolute Gasteiger partial charge is 0.181 e. The number of nitrogens with one attached hydrogen (secondary N) is 1. The van der Waals surface area contributed by atoms with E-state index in [0.717, 1.165) is 41.9 Å². The topological polar surface area (TPSA) is 45.5 Å². The van der Waals surface area contributed by atoms with Crippen molar-refractivity contribution in [1.82, 2.24) is 19.3 Å². The van der Waals surface area contributed by atoms with E-state index in [2.05, 4.69) is 50.8 Å². The third-order valence-corrected chi connectivity index (χ3v) is 7.76. The Balaban J connectivity index is 1.33. The largest absolute Gasteiger partial charge is 0.366 e. The molecule has 5 nitrogen and oxygen atoms in total. The van der Waals surface area contributed by atoms with E-state index in [0.29, 0.717) is 0 Å². The number of aromatic nitrogens is 3. The fourth-order valence-electron chi connectivity index (χ4n) is 4.89. The molecule has 4 heterocycles. The van der Waals surface area contributed by atoms with Crippen LogP contribution in [0.15, 0.2) is 30.5 Å². The van der Waals surface area contributed by atoms with Crippen molar-refractivity contribution in [3.8, 4) is 0 Å². The highest BCUT2D eigenvalue weighted by Gasteiger charge is 2.40. The first-order valence-corrected chi connectivity index (χ1v) is 11.7. The second kappa shape index (κ2) is 6.96. The van der Waals surface area contributed by atoms with Crippen LogP contribution in [0.2, 0.25) is 0 Å². The van der Waals surface area contributed by atoms with Gasteiger partial charge in [-0.05, 0) is 62.8 Å². The highest BCUT2D eigenvalue weighted by molar-refractivity contribution is 7.19. The third-order valence-electron chi connectivity index (χ3n) is 6.61. The molecule has 2 unspecified atom stereocenters. The first-order chi connectivity index (χ1) is 14.3. The first kappa shape index (κ1) is 17.7. The molecular weight excluding hydrogens is 378 g/mol. The number of nitrogens with zero attached hydrogens (tertiary/aromatic N) is 4. The number of piperidine rings is 1. The van der Waals surface area contributed by atoms with E-state index in [1.165, 1.54) is 59.7 Å². The molecule has 1 saturated carbocycles. The molecule has 1 aliphatic heterocycles. The minimum Gasteiger partial charge on any atom is -0.366 e. The highest BCUT2D eigenvalue weighted by atomic mass is 32.1. The van der Waals surface area contributed by atoms with E-state index >= 15 is 0 Å². The number of anilines is 1. The van der Waals surface area contributed by atoms with Crippen molar-refractivity contribution in [3.05, 3.63) is 41.1 Å². The second-order valence-corrected chi connectivity index (χ2v) is 9.69. The van der Waals surface area contributed by atoms with Gasteiger partial charge in [-0.3, -0.25) is 4.40 Å². The van der Waals surface area contributed by atoms with Crippen LogP contribution in [0, 0.1) is 18.8 Å². The summed E-state index contributed by atoms with van der Waals surface area (Å²) in [6.07, 6.45) is 14.2. The molecule has 0 spiro atoms. The average molecular weight is 406 g/mol. The maximum atomic E-state index is 5.01. The lowest BCUT2D eigenvalue weighted by Crippen LogP contribution is -2.33. The normalized spacial score (nSPS) is 24.1. The quantitative estimate of drug-likeness (QED) is 0.666. The molecule has 6 heteroatoms. The zero-order chi connectivity index (χ0) is 19.4. The molecule has 2 aliphatic carbocycles. The van der Waals surface area contributed by atoms with Crippen LogP contribution in [0.25, 0.3) is 21.6 Å². The Bertz CT molecular complexity index is 1130. The number of imidazole rings is 1. The summed E-state index contributed by atoms with van der Waals surface area (Å²) in [5.74, 6) is 2.39. The Morgan fingerprint density at radius 2 is 2.14 bits per heavy atom. The summed E-state index contributed by atoms with van der Waals surface area (Å²) in [5, 5.41) is 3.59. The Hall–Kier alpha value is -2.18. The highest BCUT2D eigenvalue weighted by Crippen LogP contribution is 2.52. The van der Waals surface area contributed by atoms with Gasteiger partial charge in [-0.25, -0.2) is 9.97 Å². The summed E-state index contributed by atoms with van der Waals surface area (Å²) < 4.78 is 2.28. The predicted octanol–water partition coefficient (Wildman–Crippen LogP) is 4.74. The van der Waals surface area contributed by atoms with Crippen molar-refractivity contribution in [2.45, 2.75) is 32.6 Å². The molecule has 0 radical (unpaired) electrons. The van der Waals surface area contributed by atoms with Gasteiger partial charge in [-0.2, -0.15) is 0 Å². The molecule has 1 N–H and O–H groups in total. The number of fused-ring (bicyclic) bond motifs is 4. The van der Waals surface area contributed by atoms with E-state index in [-0.39, 0.29) is 0 Å². The number of rotatable bonds is 5. The van der Waals surface area contributed by atoms with Gasteiger partial charge in [-0.15, -0.1) is 11.3 Å². The van der Waals surface area contributed by atoms with Crippen LogP contribution in [0.1, 0.15) is 36.3 Å². The van der Waals surface area contributed by atoms with E-state index < -0.39 is 0 Å². The lowest BCUT2D eigenvalue weighted by Gasteiger charge is -2.26. The van der Waals surface area contributed by atoms with Crippen LogP contribution in [-0.4, -0.2) is 45.4 Å². The van der Waals surface area contributed by atoms with E-state index in [9.17, 15) is 0 Å². The monoisotopic (exact) mass is 405 g/mol. The van der Waals surface area contributed by atoms with E-state index in [4.69, 9.17) is 4.98 Å². The maximum absolute atomic E-state index is 5.01. The molecule has 3 aromatic rings. The Morgan fingerprint density at radius 1 is 1.24 bits per heavy atom. The van der Waals surface area contributed by atoms with Gasteiger partial charge in [0.2, 0.25) is 0 Å². The number of likely N-dealkylation sites (tertiary alicyclic amines) is 1. The number of allylic oxidation sites excluding steroid dienone is 4. The van der Waals surface area contributed by atoms with Gasteiger partial charge in [0.25, 0.3) is 0 Å². The van der Waals surface area contributed by atoms with Crippen LogP contribution < -0.4 is 5.32 Å². The van der Waals surface area contributed by atoms with Crippen LogP contribution in [-0.2, 0) is 0 Å². The summed E-state index contributed by atoms with van der Waals surface area (Å²) in [4.78, 5) is 14.8. The van der Waals surface area contributed by atoms with Gasteiger partial charge in [0.05, 0.1) is 0 Å². The van der Waals surface area contributed by atoms with Gasteiger partial charge < -0.3 is 10.2 Å². The van der Waals surface area contributed by atoms with Gasteiger partial charge in [0.15, 0.2) is 11.5 Å². The molecule has 0 aromatic carbocycles. The molecule has 6 rings (SSSR count). The molecule has 3 aliphatic rings. The van der Waals surface area contributed by atoms with Gasteiger partial charge >= 0.3 is 0 Å². The SMILES string of the molecule is Cc1cnc2c(NCCN3CCCCC3)nc3cc(C4=CC=CC5CC45)sc3n12. The molecule has 1 saturated heterocycles. The van der Waals surface area contributed by atoms with Crippen molar-refractivity contribution >= 4 is 38.7 Å². The first-order valence-electron chi connectivity index (χ1n) is 10.9. The summed E-state index contributed by atoms with van der Waals surface area (Å²) in [5.41, 5.74) is 4.68. The maximum Gasteiger partial charge on any atom is 0.181 e. The lowest BCUT2D eigenvalue weighted by atomic mass is 10.0. The molecule has 0 amide bonds. The average Bonchev–Trinajstić information content (AvgIpc) is 3.27. The fraction of sp³-hybridized carbons (Fsp3) is 0.478. The minimum absolute atomic E-state index is 0.717. The standard InChI is InChI=1S/C23H27N5S/c1-15-14-25-22-21(24-8-11-27-9-3-2-4-10-27)26-19-13-20(29-23(19)28(15)22)17-7-5-6-16-12-18(16)17/h5-7,13-14,16,18H,2-4,8-12H2,1H3,(H,24,26). The summed E-state index contributed by atoms with van der Waals surface area (Å²) in [6, 6.07) is 2.29. The van der Waals surface area contributed by atoms with Crippen molar-refractivity contribution in [3.63, 3.8) is 0 Å². The number of hydrogen-bond acceptors (Lipinski definition) is 5. The molecule has 2 atom stereocenters. The number of hydrogen-bond donors (Lipinski definition) is 1. The van der Waals surface area contributed by atoms with Crippen molar-refractivity contribution in [2.24, 2.45) is 11.8 Å². The van der Waals surface area contributed by atoms with Gasteiger partial charge in [-0.1, -0.05) is 24.6 Å². The molecule has 2 fully saturated rings. The second-order valence-electron chi connectivity index (χ2n) is 8.66. The fourth-order valence-corrected chi connectivity index (χ4v) is 6.14. The summed E-state index contributed by atoms with van der Waals surface area (Å²) in [7, 11) is 0. The Labute approximate surface area is 175 Å². The lowest BCUT2D eigenvalue weighted by molar-refractivity contribution is 0.237. The predicted molar refractivity (Wildman–Crippen MR) is 121 cm³/mol. The zero-order valence-corrected chi connectivity index (χ0v) is 17.7. The zero-order valence-electron chi connectivity index (χ0n) is 16.9. The number of thiophene rings is 1. The van der Waals surface area contributed by atoms with Crippen LogP contribution in [0.5, 0.6) is 0 Å².